The van der Waals surface area contributed by atoms with Crippen LogP contribution in [0.4, 0.5) is 0 Å². The molecule has 2 rings (SSSR count). The summed E-state index contributed by atoms with van der Waals surface area (Å²) in [6.07, 6.45) is 0. The first kappa shape index (κ1) is 12.0. The number of benzene rings is 1. The summed E-state index contributed by atoms with van der Waals surface area (Å²) in [6.45, 7) is 0.974. The Hall–Kier alpha value is -0.510. The molecule has 0 bridgehead atoms. The molecular formula is C12H14ClNOS. The molecule has 16 heavy (non-hydrogen) atoms. The van der Waals surface area contributed by atoms with Gasteiger partial charge in [-0.2, -0.15) is 11.8 Å². The fourth-order valence-corrected chi connectivity index (χ4v) is 3.20. The Labute approximate surface area is 105 Å². The first-order chi connectivity index (χ1) is 7.68. The molecule has 1 fully saturated rings. The molecule has 86 valence electrons. The molecule has 0 amide bonds. The van der Waals surface area contributed by atoms with Crippen molar-refractivity contribution >= 4 is 29.1 Å². The first-order valence-electron chi connectivity index (χ1n) is 5.26. The van der Waals surface area contributed by atoms with Crippen LogP contribution < -0.4 is 0 Å². The Morgan fingerprint density at radius 2 is 2.38 bits per heavy atom. The van der Waals surface area contributed by atoms with E-state index < -0.39 is 0 Å². The predicted molar refractivity (Wildman–Crippen MR) is 69.5 cm³/mol. The van der Waals surface area contributed by atoms with Gasteiger partial charge in [-0.25, -0.2) is 0 Å². The normalized spacial score (nSPS) is 22.0. The molecule has 0 spiro atoms. The Kier molecular flexibility index (Phi) is 3.90. The number of hydrogen-bond donors (Lipinski definition) is 0. The number of hydrogen-bond acceptors (Lipinski definition) is 3. The van der Waals surface area contributed by atoms with Gasteiger partial charge in [0.05, 0.1) is 6.04 Å². The average molecular weight is 256 g/mol. The van der Waals surface area contributed by atoms with Gasteiger partial charge in [-0.3, -0.25) is 9.69 Å². The molecule has 0 aromatic heterocycles. The van der Waals surface area contributed by atoms with Crippen LogP contribution in [0.5, 0.6) is 0 Å². The fourth-order valence-electron chi connectivity index (χ4n) is 1.80. The third-order valence-electron chi connectivity index (χ3n) is 2.81. The average Bonchev–Trinajstić information content (AvgIpc) is 2.29. The molecule has 2 nitrogen and oxygen atoms in total. The van der Waals surface area contributed by atoms with Crippen molar-refractivity contribution in [2.75, 3.05) is 25.1 Å². The highest BCUT2D eigenvalue weighted by atomic mass is 35.5. The van der Waals surface area contributed by atoms with Crippen LogP contribution in [0.25, 0.3) is 0 Å². The van der Waals surface area contributed by atoms with Crippen molar-refractivity contribution in [1.29, 1.82) is 0 Å². The summed E-state index contributed by atoms with van der Waals surface area (Å²) in [5.41, 5.74) is 0.715. The summed E-state index contributed by atoms with van der Waals surface area (Å²) in [6, 6.07) is 7.19. The van der Waals surface area contributed by atoms with Gasteiger partial charge in [-0.15, -0.1) is 0 Å². The van der Waals surface area contributed by atoms with E-state index >= 15 is 0 Å². The van der Waals surface area contributed by atoms with E-state index in [0.717, 1.165) is 18.1 Å². The zero-order valence-corrected chi connectivity index (χ0v) is 10.7. The van der Waals surface area contributed by atoms with Crippen molar-refractivity contribution in [1.82, 2.24) is 4.90 Å². The number of nitrogens with zero attached hydrogens (tertiary/aromatic N) is 1. The largest absolute Gasteiger partial charge is 0.295 e. The van der Waals surface area contributed by atoms with Crippen molar-refractivity contribution in [2.24, 2.45) is 0 Å². The van der Waals surface area contributed by atoms with Crippen molar-refractivity contribution in [2.45, 2.75) is 6.04 Å². The van der Waals surface area contributed by atoms with Gasteiger partial charge in [0, 0.05) is 28.6 Å². The molecule has 1 atom stereocenters. The van der Waals surface area contributed by atoms with Gasteiger partial charge in [-0.05, 0) is 19.2 Å². The van der Waals surface area contributed by atoms with E-state index in [1.165, 1.54) is 0 Å². The first-order valence-corrected chi connectivity index (χ1v) is 6.79. The van der Waals surface area contributed by atoms with Crippen molar-refractivity contribution in [3.05, 3.63) is 34.9 Å². The maximum atomic E-state index is 12.2. The third-order valence-corrected chi connectivity index (χ3v) is 4.07. The van der Waals surface area contributed by atoms with Crippen LogP contribution in [0.2, 0.25) is 5.02 Å². The number of rotatable bonds is 2. The third kappa shape index (κ3) is 2.59. The molecule has 1 heterocycles. The predicted octanol–water partition coefficient (Wildman–Crippen LogP) is 2.57. The molecule has 1 aliphatic heterocycles. The summed E-state index contributed by atoms with van der Waals surface area (Å²) in [4.78, 5) is 14.4. The summed E-state index contributed by atoms with van der Waals surface area (Å²) in [5, 5.41) is 0.622. The van der Waals surface area contributed by atoms with E-state index in [-0.39, 0.29) is 11.8 Å². The zero-order chi connectivity index (χ0) is 11.5. The maximum Gasteiger partial charge on any atom is 0.180 e. The van der Waals surface area contributed by atoms with Crippen LogP contribution in [0.15, 0.2) is 24.3 Å². The van der Waals surface area contributed by atoms with E-state index in [1.54, 1.807) is 12.1 Å². The number of halogens is 1. The summed E-state index contributed by atoms with van der Waals surface area (Å²) in [7, 11) is 2.01. The molecule has 1 aromatic rings. The second kappa shape index (κ2) is 5.21. The second-order valence-corrected chi connectivity index (χ2v) is 5.53. The second-order valence-electron chi connectivity index (χ2n) is 3.95. The van der Waals surface area contributed by atoms with Gasteiger partial charge in [0.2, 0.25) is 0 Å². The topological polar surface area (TPSA) is 20.3 Å². The van der Waals surface area contributed by atoms with E-state index in [2.05, 4.69) is 4.90 Å². The molecule has 4 heteroatoms. The molecule has 1 unspecified atom stereocenters. The van der Waals surface area contributed by atoms with Gasteiger partial charge in [0.25, 0.3) is 0 Å². The monoisotopic (exact) mass is 255 g/mol. The molecule has 1 aromatic carbocycles. The minimum Gasteiger partial charge on any atom is -0.295 e. The SMILES string of the molecule is CN1CCSCC1C(=O)c1cccc(Cl)c1. The number of Topliss-reactive ketones (excluding diaryl/α,β-unsaturated/α-hetero) is 1. The zero-order valence-electron chi connectivity index (χ0n) is 9.15. The molecule has 0 N–H and O–H groups in total. The standard InChI is InChI=1S/C12H14ClNOS/c1-14-5-6-16-8-11(14)12(15)9-3-2-4-10(13)7-9/h2-4,7,11H,5-6,8H2,1H3. The van der Waals surface area contributed by atoms with Crippen molar-refractivity contribution < 1.29 is 4.79 Å². The Balaban J connectivity index is 2.17. The van der Waals surface area contributed by atoms with Crippen LogP contribution in [0.1, 0.15) is 10.4 Å². The fraction of sp³-hybridized carbons (Fsp3) is 0.417. The lowest BCUT2D eigenvalue weighted by molar-refractivity contribution is 0.0874. The number of likely N-dealkylation sites (N-methyl/N-ethyl adjacent to an activating group) is 1. The van der Waals surface area contributed by atoms with Crippen molar-refractivity contribution in [3.63, 3.8) is 0 Å². The Bertz CT molecular complexity index is 396. The van der Waals surface area contributed by atoms with Crippen LogP contribution in [0, 0.1) is 0 Å². The van der Waals surface area contributed by atoms with Crippen LogP contribution in [-0.2, 0) is 0 Å². The van der Waals surface area contributed by atoms with Gasteiger partial charge >= 0.3 is 0 Å². The van der Waals surface area contributed by atoms with E-state index in [9.17, 15) is 4.79 Å². The Morgan fingerprint density at radius 3 is 3.06 bits per heavy atom. The highest BCUT2D eigenvalue weighted by molar-refractivity contribution is 7.99. The summed E-state index contributed by atoms with van der Waals surface area (Å²) in [5.74, 6) is 2.16. The van der Waals surface area contributed by atoms with Crippen LogP contribution in [-0.4, -0.2) is 41.8 Å². The van der Waals surface area contributed by atoms with Crippen molar-refractivity contribution in [3.8, 4) is 0 Å². The number of carbonyl (C=O) groups is 1. The van der Waals surface area contributed by atoms with Gasteiger partial charge in [-0.1, -0.05) is 23.7 Å². The maximum absolute atomic E-state index is 12.2. The van der Waals surface area contributed by atoms with E-state index in [1.807, 2.05) is 30.9 Å². The van der Waals surface area contributed by atoms with E-state index in [0.29, 0.717) is 10.6 Å². The lowest BCUT2D eigenvalue weighted by Crippen LogP contribution is -2.44. The van der Waals surface area contributed by atoms with Gasteiger partial charge in [0.15, 0.2) is 5.78 Å². The summed E-state index contributed by atoms with van der Waals surface area (Å²) >= 11 is 7.73. The highest BCUT2D eigenvalue weighted by Crippen LogP contribution is 2.20. The van der Waals surface area contributed by atoms with Gasteiger partial charge in [0.1, 0.15) is 0 Å². The molecular weight excluding hydrogens is 242 g/mol. The summed E-state index contributed by atoms with van der Waals surface area (Å²) < 4.78 is 0. The molecule has 0 radical (unpaired) electrons. The number of carbonyl (C=O) groups excluding carboxylic acids is 1. The highest BCUT2D eigenvalue weighted by Gasteiger charge is 2.26. The lowest BCUT2D eigenvalue weighted by atomic mass is 10.0. The smallest absolute Gasteiger partial charge is 0.180 e. The molecule has 0 saturated carbocycles. The minimum absolute atomic E-state index is 0.00258. The van der Waals surface area contributed by atoms with Crippen LogP contribution >= 0.6 is 23.4 Å². The quantitative estimate of drug-likeness (QED) is 0.758. The minimum atomic E-state index is -0.00258. The Morgan fingerprint density at radius 1 is 1.56 bits per heavy atom. The molecule has 1 saturated heterocycles. The van der Waals surface area contributed by atoms with Gasteiger partial charge < -0.3 is 0 Å². The molecule has 1 aliphatic rings. The van der Waals surface area contributed by atoms with Crippen LogP contribution in [0.3, 0.4) is 0 Å². The number of thioether (sulfide) groups is 1. The molecule has 0 aliphatic carbocycles. The van der Waals surface area contributed by atoms with E-state index in [4.69, 9.17) is 11.6 Å². The lowest BCUT2D eigenvalue weighted by Gasteiger charge is -2.30. The number of ketones is 1.